The van der Waals surface area contributed by atoms with Gasteiger partial charge in [0.1, 0.15) is 18.2 Å². The molecule has 0 amide bonds. The van der Waals surface area contributed by atoms with E-state index in [1.54, 1.807) is 6.26 Å². The molecule has 0 radical (unpaired) electrons. The summed E-state index contributed by atoms with van der Waals surface area (Å²) in [6.45, 7) is 8.37. The van der Waals surface area contributed by atoms with Crippen LogP contribution in [0.3, 0.4) is 0 Å². The molecule has 0 spiro atoms. The third-order valence-corrected chi connectivity index (χ3v) is 5.09. The third kappa shape index (κ3) is 9.05. The highest BCUT2D eigenvalue weighted by atomic mass is 127. The summed E-state index contributed by atoms with van der Waals surface area (Å²) < 4.78 is 29.8. The Morgan fingerprint density at radius 2 is 1.97 bits per heavy atom. The second kappa shape index (κ2) is 15.2. The standard InChI is InChI=1S/C23H33FN4O3.HI/c1-2-25-23(26-10-4-13-30-18-21-5-3-14-31-21)27-17-22(28-11-15-29-16-12-28)19-6-8-20(24)9-7-19;/h3,5-9,14,22H,2,4,10-13,15-18H2,1H3,(H2,25,26,27);1H. The zero-order valence-corrected chi connectivity index (χ0v) is 20.9. The van der Waals surface area contributed by atoms with Crippen molar-refractivity contribution in [3.05, 3.63) is 59.8 Å². The van der Waals surface area contributed by atoms with Crippen molar-refractivity contribution in [2.45, 2.75) is 26.0 Å². The van der Waals surface area contributed by atoms with E-state index < -0.39 is 0 Å². The maximum absolute atomic E-state index is 13.4. The number of halogens is 2. The first-order valence-electron chi connectivity index (χ1n) is 11.0. The molecular formula is C23H34FIN4O3. The maximum Gasteiger partial charge on any atom is 0.191 e. The van der Waals surface area contributed by atoms with Crippen LogP contribution in [0, 0.1) is 5.82 Å². The van der Waals surface area contributed by atoms with Crippen molar-refractivity contribution in [3.8, 4) is 0 Å². The molecule has 2 heterocycles. The number of guanidine groups is 1. The zero-order chi connectivity index (χ0) is 21.7. The van der Waals surface area contributed by atoms with Crippen molar-refractivity contribution in [2.24, 2.45) is 4.99 Å². The molecule has 0 aliphatic carbocycles. The van der Waals surface area contributed by atoms with E-state index in [9.17, 15) is 4.39 Å². The minimum Gasteiger partial charge on any atom is -0.467 e. The first-order valence-corrected chi connectivity index (χ1v) is 11.0. The summed E-state index contributed by atoms with van der Waals surface area (Å²) in [6.07, 6.45) is 2.51. The average Bonchev–Trinajstić information content (AvgIpc) is 3.31. The van der Waals surface area contributed by atoms with E-state index in [4.69, 9.17) is 18.9 Å². The molecule has 1 fully saturated rings. The molecule has 1 atom stereocenters. The van der Waals surface area contributed by atoms with E-state index in [0.717, 1.165) is 49.9 Å². The fourth-order valence-corrected chi connectivity index (χ4v) is 3.47. The molecule has 178 valence electrons. The molecule has 3 rings (SSSR count). The van der Waals surface area contributed by atoms with E-state index in [-0.39, 0.29) is 35.8 Å². The van der Waals surface area contributed by atoms with Gasteiger partial charge >= 0.3 is 0 Å². The number of rotatable bonds is 11. The average molecular weight is 560 g/mol. The molecule has 32 heavy (non-hydrogen) atoms. The van der Waals surface area contributed by atoms with Crippen molar-refractivity contribution in [1.29, 1.82) is 0 Å². The molecule has 9 heteroatoms. The second-order valence-electron chi connectivity index (χ2n) is 7.35. The van der Waals surface area contributed by atoms with E-state index in [1.807, 2.05) is 31.2 Å². The number of ether oxygens (including phenoxy) is 2. The minimum absolute atomic E-state index is 0. The van der Waals surface area contributed by atoms with Gasteiger partial charge in [-0.2, -0.15) is 0 Å². The molecule has 7 nitrogen and oxygen atoms in total. The van der Waals surface area contributed by atoms with Gasteiger partial charge < -0.3 is 24.5 Å². The SMILES string of the molecule is CCNC(=NCC(c1ccc(F)cc1)N1CCOCC1)NCCCOCc1ccco1.I. The Labute approximate surface area is 206 Å². The number of nitrogens with one attached hydrogen (secondary N) is 2. The number of furan rings is 1. The van der Waals surface area contributed by atoms with E-state index in [1.165, 1.54) is 12.1 Å². The van der Waals surface area contributed by atoms with Gasteiger partial charge in [-0.15, -0.1) is 24.0 Å². The summed E-state index contributed by atoms with van der Waals surface area (Å²) in [5.41, 5.74) is 1.06. The van der Waals surface area contributed by atoms with Crippen LogP contribution in [0.15, 0.2) is 52.1 Å². The van der Waals surface area contributed by atoms with E-state index >= 15 is 0 Å². The summed E-state index contributed by atoms with van der Waals surface area (Å²) in [7, 11) is 0. The summed E-state index contributed by atoms with van der Waals surface area (Å²) in [5, 5.41) is 6.66. The van der Waals surface area contributed by atoms with Crippen LogP contribution in [-0.4, -0.2) is 63.4 Å². The monoisotopic (exact) mass is 560 g/mol. The molecule has 1 saturated heterocycles. The molecular weight excluding hydrogens is 526 g/mol. The molecule has 1 aromatic heterocycles. The molecule has 2 N–H and O–H groups in total. The smallest absolute Gasteiger partial charge is 0.191 e. The topological polar surface area (TPSA) is 71.3 Å². The first-order chi connectivity index (χ1) is 15.3. The Morgan fingerprint density at radius 1 is 1.19 bits per heavy atom. The maximum atomic E-state index is 13.4. The van der Waals surface area contributed by atoms with Crippen LogP contribution in [0.1, 0.15) is 30.7 Å². The lowest BCUT2D eigenvalue weighted by atomic mass is 10.0. The fourth-order valence-electron chi connectivity index (χ4n) is 3.47. The van der Waals surface area contributed by atoms with E-state index in [2.05, 4.69) is 15.5 Å². The Morgan fingerprint density at radius 3 is 2.66 bits per heavy atom. The summed E-state index contributed by atoms with van der Waals surface area (Å²) >= 11 is 0. The Kier molecular flexibility index (Phi) is 12.6. The van der Waals surface area contributed by atoms with Gasteiger partial charge in [-0.05, 0) is 43.2 Å². The highest BCUT2D eigenvalue weighted by Gasteiger charge is 2.22. The quantitative estimate of drug-likeness (QED) is 0.190. The predicted molar refractivity (Wildman–Crippen MR) is 134 cm³/mol. The molecule has 1 aliphatic heterocycles. The van der Waals surface area contributed by atoms with Gasteiger partial charge in [0.05, 0.1) is 32.1 Å². The normalized spacial score (nSPS) is 15.8. The van der Waals surface area contributed by atoms with Gasteiger partial charge in [-0.25, -0.2) is 4.39 Å². The molecule has 1 aromatic carbocycles. The van der Waals surface area contributed by atoms with Gasteiger partial charge in [0.15, 0.2) is 5.96 Å². The van der Waals surface area contributed by atoms with Gasteiger partial charge in [0.2, 0.25) is 0 Å². The summed E-state index contributed by atoms with van der Waals surface area (Å²) in [4.78, 5) is 7.16. The minimum atomic E-state index is -0.225. The number of hydrogen-bond donors (Lipinski definition) is 2. The number of aliphatic imine (C=N–C) groups is 1. The molecule has 1 unspecified atom stereocenters. The molecule has 0 bridgehead atoms. The van der Waals surface area contributed by atoms with Crippen LogP contribution in [-0.2, 0) is 16.1 Å². The van der Waals surface area contributed by atoms with Crippen molar-refractivity contribution < 1.29 is 18.3 Å². The van der Waals surface area contributed by atoms with E-state index in [0.29, 0.717) is 33.0 Å². The number of morpholine rings is 1. The first kappa shape index (κ1) is 26.6. The molecule has 1 aliphatic rings. The predicted octanol–water partition coefficient (Wildman–Crippen LogP) is 3.57. The van der Waals surface area contributed by atoms with Crippen LogP contribution in [0.25, 0.3) is 0 Å². The highest BCUT2D eigenvalue weighted by molar-refractivity contribution is 14.0. The van der Waals surface area contributed by atoms with Crippen LogP contribution in [0.2, 0.25) is 0 Å². The van der Waals surface area contributed by atoms with Crippen molar-refractivity contribution in [2.75, 3.05) is 52.5 Å². The van der Waals surface area contributed by atoms with Gasteiger partial charge in [0, 0.05) is 32.8 Å². The van der Waals surface area contributed by atoms with Crippen molar-refractivity contribution >= 4 is 29.9 Å². The van der Waals surface area contributed by atoms with Gasteiger partial charge in [-0.3, -0.25) is 9.89 Å². The lowest BCUT2D eigenvalue weighted by Gasteiger charge is -2.34. The molecule has 2 aromatic rings. The van der Waals surface area contributed by atoms with Crippen molar-refractivity contribution in [1.82, 2.24) is 15.5 Å². The van der Waals surface area contributed by atoms with Crippen LogP contribution >= 0.6 is 24.0 Å². The Balaban J connectivity index is 0.00000363. The highest BCUT2D eigenvalue weighted by Crippen LogP contribution is 2.22. The lowest BCUT2D eigenvalue weighted by molar-refractivity contribution is 0.0179. The second-order valence-corrected chi connectivity index (χ2v) is 7.35. The largest absolute Gasteiger partial charge is 0.467 e. The number of hydrogen-bond acceptors (Lipinski definition) is 5. The lowest BCUT2D eigenvalue weighted by Crippen LogP contribution is -2.42. The van der Waals surface area contributed by atoms with Crippen molar-refractivity contribution in [3.63, 3.8) is 0 Å². The summed E-state index contributed by atoms with van der Waals surface area (Å²) in [5.74, 6) is 1.38. The van der Waals surface area contributed by atoms with Gasteiger partial charge in [0.25, 0.3) is 0 Å². The summed E-state index contributed by atoms with van der Waals surface area (Å²) in [6, 6.07) is 10.6. The number of nitrogens with zero attached hydrogens (tertiary/aromatic N) is 2. The zero-order valence-electron chi connectivity index (χ0n) is 18.6. The third-order valence-electron chi connectivity index (χ3n) is 5.09. The number of benzene rings is 1. The van der Waals surface area contributed by atoms with Crippen LogP contribution in [0.4, 0.5) is 4.39 Å². The fraction of sp³-hybridized carbons (Fsp3) is 0.522. The molecule has 0 saturated carbocycles. The van der Waals surface area contributed by atoms with Gasteiger partial charge in [-0.1, -0.05) is 12.1 Å². The Hall–Kier alpha value is -1.69. The Bertz CT molecular complexity index is 768. The van der Waals surface area contributed by atoms with Crippen LogP contribution < -0.4 is 10.6 Å². The van der Waals surface area contributed by atoms with Crippen LogP contribution in [0.5, 0.6) is 0 Å².